The highest BCUT2D eigenvalue weighted by Gasteiger charge is 2.32. The lowest BCUT2D eigenvalue weighted by Crippen LogP contribution is -2.38. The molecule has 0 amide bonds. The normalized spacial score (nSPS) is 14.5. The van der Waals surface area contributed by atoms with Crippen molar-refractivity contribution >= 4 is 17.6 Å². The Labute approximate surface area is 147 Å². The Morgan fingerprint density at radius 2 is 1.76 bits per heavy atom. The number of methoxy groups -OCH3 is 2. The Bertz CT molecular complexity index is 650. The van der Waals surface area contributed by atoms with Crippen molar-refractivity contribution in [1.29, 1.82) is 0 Å². The van der Waals surface area contributed by atoms with E-state index in [0.717, 1.165) is 5.75 Å². The fourth-order valence-electron chi connectivity index (χ4n) is 2.33. The summed E-state index contributed by atoms with van der Waals surface area (Å²) in [7, 11) is 2.52. The summed E-state index contributed by atoms with van der Waals surface area (Å²) in [5.74, 6) is -0.0929. The van der Waals surface area contributed by atoms with Gasteiger partial charge in [-0.1, -0.05) is 13.8 Å². The first kappa shape index (κ1) is 18.8. The van der Waals surface area contributed by atoms with Crippen LogP contribution in [0.15, 0.2) is 35.5 Å². The van der Waals surface area contributed by atoms with E-state index in [1.165, 1.54) is 14.2 Å². The minimum atomic E-state index is -0.623. The van der Waals surface area contributed by atoms with Crippen molar-refractivity contribution in [3.8, 4) is 5.75 Å². The molecule has 0 aromatic heterocycles. The second kappa shape index (κ2) is 8.53. The topological polar surface area (TPSA) is 74.3 Å². The summed E-state index contributed by atoms with van der Waals surface area (Å²) < 4.78 is 20.7. The molecule has 1 aliphatic rings. The highest BCUT2D eigenvalue weighted by atomic mass is 16.5. The zero-order valence-electron chi connectivity index (χ0n) is 14.9. The average Bonchev–Trinajstić information content (AvgIpc) is 2.64. The van der Waals surface area contributed by atoms with Crippen LogP contribution in [0.3, 0.4) is 0 Å². The van der Waals surface area contributed by atoms with Crippen molar-refractivity contribution in [3.05, 3.63) is 35.5 Å². The van der Waals surface area contributed by atoms with Gasteiger partial charge in [-0.15, -0.1) is 0 Å². The van der Waals surface area contributed by atoms with Crippen LogP contribution < -0.4 is 9.64 Å². The van der Waals surface area contributed by atoms with Crippen LogP contribution in [0.5, 0.6) is 5.75 Å². The lowest BCUT2D eigenvalue weighted by molar-refractivity contribution is -0.140. The van der Waals surface area contributed by atoms with Crippen molar-refractivity contribution in [2.45, 2.75) is 13.8 Å². The molecule has 0 bridgehead atoms. The molecule has 0 saturated carbocycles. The lowest BCUT2D eigenvalue weighted by atomic mass is 10.1. The third kappa shape index (κ3) is 4.51. The Hall–Kier alpha value is -2.54. The molecule has 0 N–H and O–H groups in total. The Kier molecular flexibility index (Phi) is 6.41. The summed E-state index contributed by atoms with van der Waals surface area (Å²) in [5.41, 5.74) is 0.926. The van der Waals surface area contributed by atoms with E-state index in [-0.39, 0.29) is 24.6 Å². The van der Waals surface area contributed by atoms with E-state index in [1.807, 2.05) is 0 Å². The lowest BCUT2D eigenvalue weighted by Gasteiger charge is -2.31. The molecule has 0 spiro atoms. The van der Waals surface area contributed by atoms with E-state index in [2.05, 4.69) is 13.8 Å². The average molecular weight is 349 g/mol. The van der Waals surface area contributed by atoms with E-state index in [0.29, 0.717) is 18.2 Å². The Balaban J connectivity index is 2.32. The number of rotatable bonds is 6. The van der Waals surface area contributed by atoms with Gasteiger partial charge in [0.15, 0.2) is 0 Å². The summed E-state index contributed by atoms with van der Waals surface area (Å²) in [4.78, 5) is 25.8. The highest BCUT2D eigenvalue weighted by molar-refractivity contribution is 6.03. The Morgan fingerprint density at radius 1 is 1.12 bits per heavy atom. The first-order valence-corrected chi connectivity index (χ1v) is 7.95. The molecule has 0 fully saturated rings. The standard InChI is InChI=1S/C18H23NO6/c1-12(2)9-25-14-7-5-13(6-8-14)19-11-24-10-15(17(20)22-3)16(19)18(21)23-4/h5-8,12H,9-11H2,1-4H3. The molecule has 0 atom stereocenters. The summed E-state index contributed by atoms with van der Waals surface area (Å²) in [5, 5.41) is 0. The van der Waals surface area contributed by atoms with Gasteiger partial charge in [-0.2, -0.15) is 0 Å². The van der Waals surface area contributed by atoms with Gasteiger partial charge in [0.25, 0.3) is 0 Å². The van der Waals surface area contributed by atoms with E-state index in [1.54, 1.807) is 29.2 Å². The Morgan fingerprint density at radius 3 is 2.32 bits per heavy atom. The number of carbonyl (C=O) groups is 2. The number of ether oxygens (including phenoxy) is 4. The zero-order valence-corrected chi connectivity index (χ0v) is 14.9. The molecule has 2 rings (SSSR count). The van der Waals surface area contributed by atoms with Crippen molar-refractivity contribution < 1.29 is 28.5 Å². The van der Waals surface area contributed by atoms with Crippen LogP contribution in [0, 0.1) is 5.92 Å². The summed E-state index contributed by atoms with van der Waals surface area (Å²) in [6.45, 7) is 4.87. The van der Waals surface area contributed by atoms with Gasteiger partial charge in [0, 0.05) is 5.69 Å². The van der Waals surface area contributed by atoms with Crippen LogP contribution in [0.25, 0.3) is 0 Å². The SMILES string of the molecule is COC(=O)C1=C(C(=O)OC)N(c2ccc(OCC(C)C)cc2)COC1. The predicted molar refractivity (Wildman–Crippen MR) is 91.1 cm³/mol. The molecular weight excluding hydrogens is 326 g/mol. The van der Waals surface area contributed by atoms with E-state index in [4.69, 9.17) is 18.9 Å². The number of nitrogens with zero attached hydrogens (tertiary/aromatic N) is 1. The van der Waals surface area contributed by atoms with Gasteiger partial charge < -0.3 is 23.8 Å². The second-order valence-electron chi connectivity index (χ2n) is 5.91. The van der Waals surface area contributed by atoms with Crippen LogP contribution in [0.4, 0.5) is 5.69 Å². The summed E-state index contributed by atoms with van der Waals surface area (Å²) in [6.07, 6.45) is 0. The first-order valence-electron chi connectivity index (χ1n) is 7.95. The van der Waals surface area contributed by atoms with Crippen LogP contribution in [-0.2, 0) is 23.8 Å². The minimum Gasteiger partial charge on any atom is -0.493 e. The maximum Gasteiger partial charge on any atom is 0.355 e. The van der Waals surface area contributed by atoms with Gasteiger partial charge in [0.2, 0.25) is 0 Å². The third-order valence-corrected chi connectivity index (χ3v) is 3.56. The number of carbonyl (C=O) groups excluding carboxylic acids is 2. The molecule has 7 heteroatoms. The van der Waals surface area contributed by atoms with Crippen LogP contribution in [0.1, 0.15) is 13.8 Å². The summed E-state index contributed by atoms with van der Waals surface area (Å²) in [6, 6.07) is 7.20. The molecule has 0 saturated heterocycles. The molecule has 0 radical (unpaired) electrons. The van der Waals surface area contributed by atoms with Gasteiger partial charge >= 0.3 is 11.9 Å². The third-order valence-electron chi connectivity index (χ3n) is 3.56. The molecule has 0 aliphatic carbocycles. The van der Waals surface area contributed by atoms with Crippen LogP contribution in [0.2, 0.25) is 0 Å². The van der Waals surface area contributed by atoms with Gasteiger partial charge in [0.05, 0.1) is 33.0 Å². The minimum absolute atomic E-state index is 0.0107. The molecular formula is C18H23NO6. The van der Waals surface area contributed by atoms with E-state index in [9.17, 15) is 9.59 Å². The molecule has 1 aromatic rings. The molecule has 136 valence electrons. The van der Waals surface area contributed by atoms with E-state index < -0.39 is 11.9 Å². The van der Waals surface area contributed by atoms with E-state index >= 15 is 0 Å². The van der Waals surface area contributed by atoms with Crippen molar-refractivity contribution in [2.24, 2.45) is 5.92 Å². The first-order chi connectivity index (χ1) is 12.0. The highest BCUT2D eigenvalue weighted by Crippen LogP contribution is 2.28. The van der Waals surface area contributed by atoms with Gasteiger partial charge in [-0.05, 0) is 30.2 Å². The molecule has 7 nitrogen and oxygen atoms in total. The molecule has 1 aromatic carbocycles. The zero-order chi connectivity index (χ0) is 18.4. The van der Waals surface area contributed by atoms with Gasteiger partial charge in [0.1, 0.15) is 18.2 Å². The molecule has 1 aliphatic heterocycles. The monoisotopic (exact) mass is 349 g/mol. The molecule has 1 heterocycles. The van der Waals surface area contributed by atoms with Crippen LogP contribution in [-0.4, -0.2) is 46.1 Å². The molecule has 25 heavy (non-hydrogen) atoms. The molecule has 0 unspecified atom stereocenters. The van der Waals surface area contributed by atoms with Gasteiger partial charge in [-0.25, -0.2) is 9.59 Å². The quantitative estimate of drug-likeness (QED) is 0.728. The predicted octanol–water partition coefficient (Wildman–Crippen LogP) is 2.12. The maximum atomic E-state index is 12.2. The van der Waals surface area contributed by atoms with Crippen molar-refractivity contribution in [2.75, 3.05) is 39.1 Å². The van der Waals surface area contributed by atoms with Crippen molar-refractivity contribution in [3.63, 3.8) is 0 Å². The van der Waals surface area contributed by atoms with Crippen molar-refractivity contribution in [1.82, 2.24) is 0 Å². The summed E-state index contributed by atoms with van der Waals surface area (Å²) >= 11 is 0. The number of anilines is 1. The fourth-order valence-corrected chi connectivity index (χ4v) is 2.33. The second-order valence-corrected chi connectivity index (χ2v) is 5.91. The number of benzene rings is 1. The van der Waals surface area contributed by atoms with Gasteiger partial charge in [-0.3, -0.25) is 0 Å². The number of hydrogen-bond donors (Lipinski definition) is 0. The number of esters is 2. The maximum absolute atomic E-state index is 12.2. The smallest absolute Gasteiger partial charge is 0.355 e. The fraction of sp³-hybridized carbons (Fsp3) is 0.444. The largest absolute Gasteiger partial charge is 0.493 e. The van der Waals surface area contributed by atoms with Crippen LogP contribution >= 0.6 is 0 Å². The number of hydrogen-bond acceptors (Lipinski definition) is 7.